The molecule has 24 heavy (non-hydrogen) atoms. The average molecular weight is 340 g/mol. The summed E-state index contributed by atoms with van der Waals surface area (Å²) in [5.74, 6) is 0.121. The van der Waals surface area contributed by atoms with Crippen molar-refractivity contribution < 1.29 is 4.79 Å². The van der Waals surface area contributed by atoms with Gasteiger partial charge in [-0.05, 0) is 61.7 Å². The Bertz CT molecular complexity index is 827. The van der Waals surface area contributed by atoms with E-state index in [-0.39, 0.29) is 5.91 Å². The van der Waals surface area contributed by atoms with Crippen molar-refractivity contribution >= 4 is 28.3 Å². The molecule has 3 heterocycles. The Kier molecular flexibility index (Phi) is 4.30. The van der Waals surface area contributed by atoms with Gasteiger partial charge in [0.1, 0.15) is 11.0 Å². The molecule has 1 atom stereocenters. The molecule has 4 rings (SSSR count). The number of thiophene rings is 1. The van der Waals surface area contributed by atoms with E-state index in [0.29, 0.717) is 11.6 Å². The van der Waals surface area contributed by atoms with E-state index in [2.05, 4.69) is 37.8 Å². The zero-order valence-electron chi connectivity index (χ0n) is 13.4. The number of hydrogen-bond donors (Lipinski definition) is 1. The summed E-state index contributed by atoms with van der Waals surface area (Å²) < 4.78 is 0. The van der Waals surface area contributed by atoms with Crippen molar-refractivity contribution in [3.05, 3.63) is 46.2 Å². The molecule has 3 aromatic rings. The highest BCUT2D eigenvalue weighted by atomic mass is 32.1. The summed E-state index contributed by atoms with van der Waals surface area (Å²) in [6, 6.07) is 10.2. The highest BCUT2D eigenvalue weighted by Crippen LogP contribution is 2.25. The van der Waals surface area contributed by atoms with Crippen LogP contribution in [0.1, 0.15) is 40.9 Å². The van der Waals surface area contributed by atoms with Crippen molar-refractivity contribution in [3.8, 4) is 0 Å². The van der Waals surface area contributed by atoms with Gasteiger partial charge in [0, 0.05) is 23.0 Å². The number of aromatic amines is 1. The topological polar surface area (TPSA) is 61.9 Å². The lowest BCUT2D eigenvalue weighted by Gasteiger charge is -2.36. The Labute approximate surface area is 144 Å². The Morgan fingerprint density at radius 1 is 1.25 bits per heavy atom. The third-order valence-corrected chi connectivity index (χ3v) is 5.69. The van der Waals surface area contributed by atoms with Gasteiger partial charge in [0.25, 0.3) is 5.91 Å². The number of benzene rings is 1. The molecule has 124 valence electrons. The number of fused-ring (bicyclic) bond motifs is 1. The van der Waals surface area contributed by atoms with Gasteiger partial charge >= 0.3 is 0 Å². The van der Waals surface area contributed by atoms with E-state index in [0.717, 1.165) is 43.3 Å². The van der Waals surface area contributed by atoms with E-state index in [1.807, 2.05) is 18.2 Å². The number of nitrogens with zero attached hydrogens (tertiary/aromatic N) is 3. The average Bonchev–Trinajstić information content (AvgIpc) is 3.30. The molecule has 0 radical (unpaired) electrons. The smallest absolute Gasteiger partial charge is 0.254 e. The quantitative estimate of drug-likeness (QED) is 0.788. The number of amides is 1. The highest BCUT2D eigenvalue weighted by molar-refractivity contribution is 7.09. The Morgan fingerprint density at radius 3 is 3.04 bits per heavy atom. The Balaban J connectivity index is 1.51. The van der Waals surface area contributed by atoms with Gasteiger partial charge in [-0.1, -0.05) is 6.07 Å². The monoisotopic (exact) mass is 340 g/mol. The third-order valence-electron chi connectivity index (χ3n) is 4.76. The largest absolute Gasteiger partial charge is 0.336 e. The summed E-state index contributed by atoms with van der Waals surface area (Å²) in [6.07, 6.45) is 5.49. The van der Waals surface area contributed by atoms with Crippen molar-refractivity contribution in [2.45, 2.75) is 38.1 Å². The van der Waals surface area contributed by atoms with Crippen molar-refractivity contribution in [3.63, 3.8) is 0 Å². The number of rotatable bonds is 4. The third kappa shape index (κ3) is 3.06. The van der Waals surface area contributed by atoms with Crippen molar-refractivity contribution in [2.24, 2.45) is 0 Å². The van der Waals surface area contributed by atoms with Gasteiger partial charge in [-0.2, -0.15) is 15.4 Å². The molecule has 0 spiro atoms. The summed E-state index contributed by atoms with van der Waals surface area (Å²) in [7, 11) is 0. The first-order valence-corrected chi connectivity index (χ1v) is 9.33. The molecule has 0 bridgehead atoms. The number of nitrogens with one attached hydrogen (secondary N) is 1. The molecule has 1 amide bonds. The second-order valence-corrected chi connectivity index (χ2v) is 7.33. The number of piperidine rings is 1. The maximum Gasteiger partial charge on any atom is 0.254 e. The summed E-state index contributed by atoms with van der Waals surface area (Å²) in [4.78, 5) is 16.5. The van der Waals surface area contributed by atoms with Crippen LogP contribution in [0, 0.1) is 0 Å². The van der Waals surface area contributed by atoms with Crippen molar-refractivity contribution in [1.82, 2.24) is 20.3 Å². The molecule has 0 aliphatic carbocycles. The molecule has 2 aromatic heterocycles. The number of aryl methyl sites for hydroxylation is 1. The zero-order valence-corrected chi connectivity index (χ0v) is 14.3. The fourth-order valence-electron chi connectivity index (χ4n) is 3.47. The van der Waals surface area contributed by atoms with Crippen LogP contribution in [-0.4, -0.2) is 38.8 Å². The van der Waals surface area contributed by atoms with Crippen molar-refractivity contribution in [1.29, 1.82) is 0 Å². The summed E-state index contributed by atoms with van der Waals surface area (Å²) >= 11 is 1.80. The van der Waals surface area contributed by atoms with Crippen LogP contribution in [0.25, 0.3) is 11.0 Å². The van der Waals surface area contributed by atoms with E-state index in [4.69, 9.17) is 0 Å². The normalized spacial score (nSPS) is 18.2. The zero-order chi connectivity index (χ0) is 16.4. The van der Waals surface area contributed by atoms with Crippen LogP contribution in [0.4, 0.5) is 0 Å². The lowest BCUT2D eigenvalue weighted by molar-refractivity contribution is 0.0602. The van der Waals surface area contributed by atoms with Crippen LogP contribution in [0.2, 0.25) is 0 Å². The fourth-order valence-corrected chi connectivity index (χ4v) is 4.20. The van der Waals surface area contributed by atoms with Gasteiger partial charge in [-0.25, -0.2) is 0 Å². The molecule has 1 N–H and O–H groups in total. The maximum atomic E-state index is 13.0. The van der Waals surface area contributed by atoms with Crippen LogP contribution in [-0.2, 0) is 6.42 Å². The number of carbonyl (C=O) groups is 1. The SMILES string of the molecule is O=C(c1ccc2n[nH]nc2c1)N1CCCC[C@@H]1CCc1cccs1. The molecule has 6 heteroatoms. The molecule has 0 unspecified atom stereocenters. The summed E-state index contributed by atoms with van der Waals surface area (Å²) in [6.45, 7) is 0.852. The predicted molar refractivity (Wildman–Crippen MR) is 95.2 cm³/mol. The maximum absolute atomic E-state index is 13.0. The Hall–Kier alpha value is -2.21. The summed E-state index contributed by atoms with van der Waals surface area (Å²) in [5, 5.41) is 12.9. The van der Waals surface area contributed by atoms with Gasteiger partial charge in [-0.3, -0.25) is 4.79 Å². The molecule has 1 aliphatic heterocycles. The molecule has 1 saturated heterocycles. The molecule has 1 aromatic carbocycles. The first-order chi connectivity index (χ1) is 11.8. The first kappa shape index (κ1) is 15.3. The standard InChI is InChI=1S/C18H20N4OS/c23-18(13-6-9-16-17(12-13)20-21-19-16)22-10-2-1-4-14(22)7-8-15-5-3-11-24-15/h3,5-6,9,11-12,14H,1-2,4,7-8,10H2,(H,19,20,21)/t14-/m1/s1. The number of H-pyrrole nitrogens is 1. The molecule has 0 saturated carbocycles. The molecule has 1 aliphatic rings. The van der Waals surface area contributed by atoms with Crippen LogP contribution >= 0.6 is 11.3 Å². The first-order valence-electron chi connectivity index (χ1n) is 8.45. The summed E-state index contributed by atoms with van der Waals surface area (Å²) in [5.41, 5.74) is 2.24. The minimum Gasteiger partial charge on any atom is -0.336 e. The van der Waals surface area contributed by atoms with Crippen molar-refractivity contribution in [2.75, 3.05) is 6.54 Å². The van der Waals surface area contributed by atoms with Crippen LogP contribution in [0.3, 0.4) is 0 Å². The van der Waals surface area contributed by atoms with E-state index < -0.39 is 0 Å². The lowest BCUT2D eigenvalue weighted by atomic mass is 9.96. The second kappa shape index (κ2) is 6.73. The van der Waals surface area contributed by atoms with E-state index >= 15 is 0 Å². The molecule has 1 fully saturated rings. The Morgan fingerprint density at radius 2 is 2.17 bits per heavy atom. The molecular weight excluding hydrogens is 320 g/mol. The van der Waals surface area contributed by atoms with E-state index in [1.165, 1.54) is 11.3 Å². The fraction of sp³-hybridized carbons (Fsp3) is 0.389. The number of hydrogen-bond acceptors (Lipinski definition) is 4. The van der Waals surface area contributed by atoms with E-state index in [1.54, 1.807) is 11.3 Å². The van der Waals surface area contributed by atoms with Gasteiger partial charge in [-0.15, -0.1) is 11.3 Å². The number of carbonyl (C=O) groups excluding carboxylic acids is 1. The highest BCUT2D eigenvalue weighted by Gasteiger charge is 2.27. The molecular formula is C18H20N4OS. The van der Waals surface area contributed by atoms with Crippen LogP contribution in [0.15, 0.2) is 35.7 Å². The van der Waals surface area contributed by atoms with Crippen LogP contribution < -0.4 is 0 Å². The second-order valence-electron chi connectivity index (χ2n) is 6.29. The molecule has 5 nitrogen and oxygen atoms in total. The van der Waals surface area contributed by atoms with E-state index in [9.17, 15) is 4.79 Å². The van der Waals surface area contributed by atoms with Gasteiger partial charge < -0.3 is 4.90 Å². The van der Waals surface area contributed by atoms with Gasteiger partial charge in [0.05, 0.1) is 0 Å². The number of likely N-dealkylation sites (tertiary alicyclic amines) is 1. The minimum atomic E-state index is 0.121. The van der Waals surface area contributed by atoms with Gasteiger partial charge in [0.2, 0.25) is 0 Å². The predicted octanol–water partition coefficient (Wildman–Crippen LogP) is 3.65. The lowest BCUT2D eigenvalue weighted by Crippen LogP contribution is -2.44. The van der Waals surface area contributed by atoms with Crippen LogP contribution in [0.5, 0.6) is 0 Å². The minimum absolute atomic E-state index is 0.121. The number of aromatic nitrogens is 3. The van der Waals surface area contributed by atoms with Gasteiger partial charge in [0.15, 0.2) is 0 Å².